The van der Waals surface area contributed by atoms with Gasteiger partial charge >= 0.3 is 0 Å². The van der Waals surface area contributed by atoms with Crippen molar-refractivity contribution in [1.29, 1.82) is 0 Å². The molecule has 1 atom stereocenters. The van der Waals surface area contributed by atoms with Gasteiger partial charge in [-0.25, -0.2) is 9.97 Å². The summed E-state index contributed by atoms with van der Waals surface area (Å²) in [4.78, 5) is 45.3. The van der Waals surface area contributed by atoms with Crippen LogP contribution < -0.4 is 16.6 Å². The molecule has 5 aromatic rings. The molecular formula is C31H23N7O2S. The maximum Gasteiger partial charge on any atom is 0.274 e. The highest BCUT2D eigenvalue weighted by atomic mass is 32.1. The van der Waals surface area contributed by atoms with E-state index >= 15 is 0 Å². The zero-order valence-corrected chi connectivity index (χ0v) is 22.7. The Kier molecular flexibility index (Phi) is 6.93. The Morgan fingerprint density at radius 3 is 2.73 bits per heavy atom. The van der Waals surface area contributed by atoms with Gasteiger partial charge in [-0.3, -0.25) is 24.1 Å². The van der Waals surface area contributed by atoms with Crippen LogP contribution in [0.4, 0.5) is 5.82 Å². The monoisotopic (exact) mass is 557 g/mol. The average molecular weight is 558 g/mol. The number of allylic oxidation sites excluding steroid dienone is 1. The maximum absolute atomic E-state index is 14.1. The Labute approximate surface area is 239 Å². The molecule has 3 N–H and O–H groups in total. The number of nitrogens with one attached hydrogen (secondary N) is 1. The minimum atomic E-state index is -0.597. The van der Waals surface area contributed by atoms with Crippen LogP contribution in [0.25, 0.3) is 22.2 Å². The number of aliphatic imine (C=N–C) groups is 1. The van der Waals surface area contributed by atoms with E-state index in [1.807, 2.05) is 67.6 Å². The molecule has 2 aromatic carbocycles. The Balaban J connectivity index is 1.43. The van der Waals surface area contributed by atoms with Gasteiger partial charge in [0, 0.05) is 29.6 Å². The number of para-hydroxylation sites is 1. The van der Waals surface area contributed by atoms with Gasteiger partial charge in [-0.15, -0.1) is 11.3 Å². The first-order valence-electron chi connectivity index (χ1n) is 12.8. The number of hydrogen-bond acceptors (Lipinski definition) is 8. The molecule has 0 spiro atoms. The topological polar surface area (TPSA) is 128 Å². The van der Waals surface area contributed by atoms with Crippen LogP contribution in [0.5, 0.6) is 0 Å². The Hall–Kier alpha value is -5.40. The van der Waals surface area contributed by atoms with Crippen molar-refractivity contribution in [3.8, 4) is 17.5 Å². The molecule has 1 aliphatic heterocycles. The van der Waals surface area contributed by atoms with Gasteiger partial charge in [-0.1, -0.05) is 42.3 Å². The van der Waals surface area contributed by atoms with Crippen LogP contribution >= 0.6 is 11.3 Å². The van der Waals surface area contributed by atoms with Crippen LogP contribution in [0.1, 0.15) is 51.7 Å². The predicted octanol–water partition coefficient (Wildman–Crippen LogP) is 4.53. The number of rotatable bonds is 5. The Morgan fingerprint density at radius 2 is 1.98 bits per heavy atom. The molecule has 0 radical (unpaired) electrons. The van der Waals surface area contributed by atoms with Gasteiger partial charge in [0.2, 0.25) is 0 Å². The summed E-state index contributed by atoms with van der Waals surface area (Å²) in [6.07, 6.45) is 7.54. The van der Waals surface area contributed by atoms with Crippen molar-refractivity contribution in [3.63, 3.8) is 0 Å². The van der Waals surface area contributed by atoms with Crippen molar-refractivity contribution in [2.24, 2.45) is 4.99 Å². The van der Waals surface area contributed by atoms with Crippen molar-refractivity contribution in [2.75, 3.05) is 5.73 Å². The lowest BCUT2D eigenvalue weighted by molar-refractivity contribution is 0.0934. The normalized spacial score (nSPS) is 13.0. The van der Waals surface area contributed by atoms with Crippen molar-refractivity contribution in [3.05, 3.63) is 116 Å². The fourth-order valence-corrected chi connectivity index (χ4v) is 5.09. The van der Waals surface area contributed by atoms with E-state index in [9.17, 15) is 9.59 Å². The lowest BCUT2D eigenvalue weighted by Gasteiger charge is -2.21. The maximum atomic E-state index is 14.1. The van der Waals surface area contributed by atoms with Crippen molar-refractivity contribution < 1.29 is 4.79 Å². The number of benzene rings is 2. The van der Waals surface area contributed by atoms with Crippen LogP contribution in [-0.2, 0) is 0 Å². The van der Waals surface area contributed by atoms with Gasteiger partial charge in [0.05, 0.1) is 39.9 Å². The Bertz CT molecular complexity index is 1970. The summed E-state index contributed by atoms with van der Waals surface area (Å²) in [5, 5.41) is 4.16. The van der Waals surface area contributed by atoms with Crippen molar-refractivity contribution >= 4 is 45.7 Å². The van der Waals surface area contributed by atoms with Crippen LogP contribution in [0.2, 0.25) is 0 Å². The number of carbonyl (C=O) groups is 1. The fraction of sp³-hybridized carbons (Fsp3) is 0.0968. The number of carbonyl (C=O) groups excluding carboxylic acids is 1. The largest absolute Gasteiger partial charge is 0.382 e. The molecule has 6 rings (SSSR count). The summed E-state index contributed by atoms with van der Waals surface area (Å²) in [6, 6.07) is 16.1. The van der Waals surface area contributed by atoms with Gasteiger partial charge in [-0.05, 0) is 42.5 Å². The van der Waals surface area contributed by atoms with E-state index in [1.54, 1.807) is 22.5 Å². The molecular weight excluding hydrogens is 534 g/mol. The van der Waals surface area contributed by atoms with Crippen molar-refractivity contribution in [1.82, 2.24) is 24.8 Å². The molecule has 3 aromatic heterocycles. The SMILES string of the molecule is CC(NC(=O)c1nc(C2=CCC=N2)cnc1N)c1cc2cccc(C#Cc3cncs3)c2c(=O)n1-c1ccccc1. The number of anilines is 1. The number of nitrogens with zero attached hydrogens (tertiary/aromatic N) is 5. The highest BCUT2D eigenvalue weighted by Gasteiger charge is 2.22. The fourth-order valence-electron chi connectivity index (χ4n) is 4.62. The summed E-state index contributed by atoms with van der Waals surface area (Å²) < 4.78 is 1.61. The smallest absolute Gasteiger partial charge is 0.274 e. The molecule has 1 amide bonds. The average Bonchev–Trinajstić information content (AvgIpc) is 3.72. The molecule has 200 valence electrons. The van der Waals surface area contributed by atoms with Crippen LogP contribution in [-0.4, -0.2) is 31.6 Å². The number of fused-ring (bicyclic) bond motifs is 1. The number of pyridine rings is 1. The second-order valence-corrected chi connectivity index (χ2v) is 10.1. The molecule has 0 saturated heterocycles. The number of aromatic nitrogens is 4. The van der Waals surface area contributed by atoms with Gasteiger partial charge in [0.25, 0.3) is 11.5 Å². The second-order valence-electron chi connectivity index (χ2n) is 9.25. The molecule has 0 aliphatic carbocycles. The predicted molar refractivity (Wildman–Crippen MR) is 161 cm³/mol. The van der Waals surface area contributed by atoms with Crippen molar-refractivity contribution in [2.45, 2.75) is 19.4 Å². The minimum Gasteiger partial charge on any atom is -0.382 e. The number of nitrogen functional groups attached to an aromatic ring is 1. The van der Waals surface area contributed by atoms with Crippen LogP contribution in [0.3, 0.4) is 0 Å². The zero-order chi connectivity index (χ0) is 28.3. The molecule has 4 heterocycles. The molecule has 0 bridgehead atoms. The van der Waals surface area contributed by atoms with E-state index in [4.69, 9.17) is 5.73 Å². The summed E-state index contributed by atoms with van der Waals surface area (Å²) in [6.45, 7) is 1.81. The molecule has 1 unspecified atom stereocenters. The first-order valence-corrected chi connectivity index (χ1v) is 13.7. The molecule has 9 nitrogen and oxygen atoms in total. The first kappa shape index (κ1) is 25.9. The number of thiazole rings is 1. The lowest BCUT2D eigenvalue weighted by Crippen LogP contribution is -2.33. The standard InChI is InChI=1S/C31H23N7O2S/c1-19(36-30(39)28-29(32)35-17-25(37-28)24-11-6-14-34-24)26-15-21-8-5-7-20(12-13-23-16-33-18-41-23)27(21)31(40)38(26)22-9-3-2-4-10-22/h2-5,7-11,14-19H,6H2,1H3,(H2,32,35)(H,36,39). The third kappa shape index (κ3) is 5.14. The quantitative estimate of drug-likeness (QED) is 0.306. The lowest BCUT2D eigenvalue weighted by atomic mass is 10.0. The molecule has 1 aliphatic rings. The van der Waals surface area contributed by atoms with E-state index in [0.717, 1.165) is 4.88 Å². The third-order valence-corrected chi connectivity index (χ3v) is 7.25. The van der Waals surface area contributed by atoms with E-state index < -0.39 is 11.9 Å². The summed E-state index contributed by atoms with van der Waals surface area (Å²) in [5.74, 6) is 5.73. The van der Waals surface area contributed by atoms with Gasteiger partial charge < -0.3 is 11.1 Å². The Morgan fingerprint density at radius 1 is 1.12 bits per heavy atom. The number of hydrogen-bond donors (Lipinski definition) is 2. The van der Waals surface area contributed by atoms with E-state index in [-0.39, 0.29) is 17.1 Å². The molecule has 10 heteroatoms. The van der Waals surface area contributed by atoms with Crippen LogP contribution in [0, 0.1) is 11.8 Å². The first-order chi connectivity index (χ1) is 20.0. The highest BCUT2D eigenvalue weighted by molar-refractivity contribution is 7.10. The van der Waals surface area contributed by atoms with Crippen LogP contribution in [0.15, 0.2) is 88.4 Å². The second kappa shape index (κ2) is 11.0. The third-order valence-electron chi connectivity index (χ3n) is 6.56. The zero-order valence-electron chi connectivity index (χ0n) is 21.9. The van der Waals surface area contributed by atoms with Gasteiger partial charge in [0.15, 0.2) is 11.5 Å². The molecule has 41 heavy (non-hydrogen) atoms. The number of amides is 1. The minimum absolute atomic E-state index is 0.00384. The number of nitrogens with two attached hydrogens (primary N) is 1. The summed E-state index contributed by atoms with van der Waals surface area (Å²) >= 11 is 1.43. The highest BCUT2D eigenvalue weighted by Crippen LogP contribution is 2.24. The van der Waals surface area contributed by atoms with E-state index in [0.29, 0.717) is 45.5 Å². The van der Waals surface area contributed by atoms with E-state index in [1.165, 1.54) is 17.5 Å². The van der Waals surface area contributed by atoms with Gasteiger partial charge in [-0.2, -0.15) is 0 Å². The van der Waals surface area contributed by atoms with E-state index in [2.05, 4.69) is 37.1 Å². The summed E-state index contributed by atoms with van der Waals surface area (Å²) in [5.41, 5.74) is 10.5. The molecule has 0 saturated carbocycles. The molecule has 0 fully saturated rings. The summed E-state index contributed by atoms with van der Waals surface area (Å²) in [7, 11) is 0. The van der Waals surface area contributed by atoms with Gasteiger partial charge in [0.1, 0.15) is 5.69 Å².